The molecular formula is C18H17FN2. The van der Waals surface area contributed by atoms with Crippen molar-refractivity contribution in [3.05, 3.63) is 77.9 Å². The zero-order valence-electron chi connectivity index (χ0n) is 11.7. The molecule has 0 radical (unpaired) electrons. The Hall–Kier alpha value is -2.26. The summed E-state index contributed by atoms with van der Waals surface area (Å²) in [6.07, 6.45) is 4.37. The quantitative estimate of drug-likeness (QED) is 0.721. The SMILES string of the molecule is Fc1ccccc1CCNCc1ccc2cnccc2c1. The summed E-state index contributed by atoms with van der Waals surface area (Å²) >= 11 is 0. The molecule has 106 valence electrons. The highest BCUT2D eigenvalue weighted by Crippen LogP contribution is 2.14. The van der Waals surface area contributed by atoms with Crippen molar-refractivity contribution in [2.24, 2.45) is 0 Å². The molecule has 0 aliphatic heterocycles. The number of nitrogens with one attached hydrogen (secondary N) is 1. The first-order chi connectivity index (χ1) is 10.3. The van der Waals surface area contributed by atoms with E-state index in [1.165, 1.54) is 17.0 Å². The second kappa shape index (κ2) is 6.46. The molecule has 0 aliphatic rings. The smallest absolute Gasteiger partial charge is 0.126 e. The standard InChI is InChI=1S/C18H17FN2/c19-18-4-2-1-3-15(18)7-9-20-12-14-5-6-17-13-21-10-8-16(17)11-14/h1-6,8,10-11,13,20H,7,9,12H2. The van der Waals surface area contributed by atoms with E-state index >= 15 is 0 Å². The summed E-state index contributed by atoms with van der Waals surface area (Å²) in [5.74, 6) is -0.127. The van der Waals surface area contributed by atoms with Gasteiger partial charge >= 0.3 is 0 Å². The Kier molecular flexibility index (Phi) is 4.22. The van der Waals surface area contributed by atoms with E-state index in [4.69, 9.17) is 0 Å². The molecule has 0 aliphatic carbocycles. The Balaban J connectivity index is 1.56. The van der Waals surface area contributed by atoms with Crippen molar-refractivity contribution in [3.8, 4) is 0 Å². The fraction of sp³-hybridized carbons (Fsp3) is 0.167. The van der Waals surface area contributed by atoms with E-state index in [0.717, 1.165) is 24.0 Å². The monoisotopic (exact) mass is 280 g/mol. The molecule has 1 aromatic heterocycles. The number of aromatic nitrogens is 1. The van der Waals surface area contributed by atoms with Gasteiger partial charge in [0.1, 0.15) is 5.82 Å². The zero-order chi connectivity index (χ0) is 14.5. The maximum absolute atomic E-state index is 13.5. The van der Waals surface area contributed by atoms with Gasteiger partial charge < -0.3 is 5.32 Å². The van der Waals surface area contributed by atoms with Crippen LogP contribution in [0.2, 0.25) is 0 Å². The van der Waals surface area contributed by atoms with Gasteiger partial charge in [-0.05, 0) is 47.7 Å². The molecular weight excluding hydrogens is 263 g/mol. The first kappa shape index (κ1) is 13.7. The van der Waals surface area contributed by atoms with E-state index in [2.05, 4.69) is 28.5 Å². The summed E-state index contributed by atoms with van der Waals surface area (Å²) in [7, 11) is 0. The Morgan fingerprint density at radius 2 is 1.90 bits per heavy atom. The number of halogens is 1. The van der Waals surface area contributed by atoms with Gasteiger partial charge in [-0.1, -0.05) is 30.3 Å². The van der Waals surface area contributed by atoms with Crippen LogP contribution in [0.1, 0.15) is 11.1 Å². The maximum Gasteiger partial charge on any atom is 0.126 e. The van der Waals surface area contributed by atoms with Gasteiger partial charge in [0.25, 0.3) is 0 Å². The normalized spacial score (nSPS) is 10.9. The molecule has 3 rings (SSSR count). The molecule has 1 heterocycles. The number of nitrogens with zero attached hydrogens (tertiary/aromatic N) is 1. The van der Waals surface area contributed by atoms with Gasteiger partial charge in [-0.25, -0.2) is 4.39 Å². The van der Waals surface area contributed by atoms with Gasteiger partial charge in [-0.3, -0.25) is 4.98 Å². The average molecular weight is 280 g/mol. The minimum Gasteiger partial charge on any atom is -0.312 e. The first-order valence-electron chi connectivity index (χ1n) is 7.10. The molecule has 0 fully saturated rings. The van der Waals surface area contributed by atoms with Crippen molar-refractivity contribution in [1.82, 2.24) is 10.3 Å². The van der Waals surface area contributed by atoms with Crippen LogP contribution in [0.15, 0.2) is 60.9 Å². The molecule has 1 N–H and O–H groups in total. The minimum absolute atomic E-state index is 0.127. The van der Waals surface area contributed by atoms with Crippen LogP contribution in [0.3, 0.4) is 0 Å². The Morgan fingerprint density at radius 1 is 1.00 bits per heavy atom. The van der Waals surface area contributed by atoms with Gasteiger partial charge in [0, 0.05) is 24.3 Å². The number of pyridine rings is 1. The third kappa shape index (κ3) is 3.44. The molecule has 0 unspecified atom stereocenters. The number of benzene rings is 2. The highest BCUT2D eigenvalue weighted by molar-refractivity contribution is 5.81. The highest BCUT2D eigenvalue weighted by Gasteiger charge is 2.00. The molecule has 3 aromatic rings. The van der Waals surface area contributed by atoms with E-state index < -0.39 is 0 Å². The summed E-state index contributed by atoms with van der Waals surface area (Å²) in [4.78, 5) is 4.11. The molecule has 0 spiro atoms. The molecule has 2 nitrogen and oxygen atoms in total. The van der Waals surface area contributed by atoms with Gasteiger partial charge in [-0.15, -0.1) is 0 Å². The first-order valence-corrected chi connectivity index (χ1v) is 7.10. The maximum atomic E-state index is 13.5. The number of hydrogen-bond acceptors (Lipinski definition) is 2. The zero-order valence-corrected chi connectivity index (χ0v) is 11.7. The second-order valence-corrected chi connectivity index (χ2v) is 5.08. The van der Waals surface area contributed by atoms with Gasteiger partial charge in [0.05, 0.1) is 0 Å². The molecule has 0 saturated heterocycles. The highest BCUT2D eigenvalue weighted by atomic mass is 19.1. The molecule has 0 atom stereocenters. The molecule has 0 saturated carbocycles. The van der Waals surface area contributed by atoms with E-state index in [9.17, 15) is 4.39 Å². The van der Waals surface area contributed by atoms with Crippen LogP contribution in [-0.2, 0) is 13.0 Å². The lowest BCUT2D eigenvalue weighted by atomic mass is 10.1. The summed E-state index contributed by atoms with van der Waals surface area (Å²) in [5.41, 5.74) is 1.98. The fourth-order valence-electron chi connectivity index (χ4n) is 2.40. The van der Waals surface area contributed by atoms with Crippen molar-refractivity contribution >= 4 is 10.8 Å². The largest absolute Gasteiger partial charge is 0.312 e. The summed E-state index contributed by atoms with van der Waals surface area (Å²) < 4.78 is 13.5. The fourth-order valence-corrected chi connectivity index (χ4v) is 2.40. The molecule has 21 heavy (non-hydrogen) atoms. The van der Waals surface area contributed by atoms with E-state index in [0.29, 0.717) is 6.42 Å². The third-order valence-electron chi connectivity index (χ3n) is 3.56. The third-order valence-corrected chi connectivity index (χ3v) is 3.56. The molecule has 2 aromatic carbocycles. The Labute approximate surface area is 123 Å². The van der Waals surface area contributed by atoms with Crippen LogP contribution in [0.5, 0.6) is 0 Å². The van der Waals surface area contributed by atoms with Crippen LogP contribution >= 0.6 is 0 Å². The summed E-state index contributed by atoms with van der Waals surface area (Å²) in [6.45, 7) is 1.54. The number of rotatable bonds is 5. The number of fused-ring (bicyclic) bond motifs is 1. The lowest BCUT2D eigenvalue weighted by Gasteiger charge is -2.07. The second-order valence-electron chi connectivity index (χ2n) is 5.08. The van der Waals surface area contributed by atoms with E-state index in [1.807, 2.05) is 24.4 Å². The lowest BCUT2D eigenvalue weighted by Crippen LogP contribution is -2.17. The summed E-state index contributed by atoms with van der Waals surface area (Å²) in [6, 6.07) is 15.3. The van der Waals surface area contributed by atoms with Gasteiger partial charge in [0.15, 0.2) is 0 Å². The predicted molar refractivity (Wildman–Crippen MR) is 83.6 cm³/mol. The van der Waals surface area contributed by atoms with E-state index in [-0.39, 0.29) is 5.82 Å². The van der Waals surface area contributed by atoms with Crippen molar-refractivity contribution in [3.63, 3.8) is 0 Å². The Bertz CT molecular complexity index is 740. The lowest BCUT2D eigenvalue weighted by molar-refractivity contribution is 0.598. The van der Waals surface area contributed by atoms with Crippen molar-refractivity contribution in [2.75, 3.05) is 6.54 Å². The van der Waals surface area contributed by atoms with Crippen molar-refractivity contribution in [2.45, 2.75) is 13.0 Å². The molecule has 0 bridgehead atoms. The minimum atomic E-state index is -0.127. The van der Waals surface area contributed by atoms with Gasteiger partial charge in [-0.2, -0.15) is 0 Å². The average Bonchev–Trinajstić information content (AvgIpc) is 2.53. The molecule has 3 heteroatoms. The predicted octanol–water partition coefficient (Wildman–Crippen LogP) is 3.71. The van der Waals surface area contributed by atoms with Crippen LogP contribution in [0, 0.1) is 5.82 Å². The molecule has 0 amide bonds. The van der Waals surface area contributed by atoms with Gasteiger partial charge in [0.2, 0.25) is 0 Å². The Morgan fingerprint density at radius 3 is 2.81 bits per heavy atom. The topological polar surface area (TPSA) is 24.9 Å². The number of hydrogen-bond donors (Lipinski definition) is 1. The summed E-state index contributed by atoms with van der Waals surface area (Å²) in [5, 5.41) is 5.70. The van der Waals surface area contributed by atoms with Crippen molar-refractivity contribution in [1.29, 1.82) is 0 Å². The van der Waals surface area contributed by atoms with E-state index in [1.54, 1.807) is 12.3 Å². The van der Waals surface area contributed by atoms with Crippen LogP contribution in [0.25, 0.3) is 10.8 Å². The van der Waals surface area contributed by atoms with Crippen LogP contribution in [0.4, 0.5) is 4.39 Å². The van der Waals surface area contributed by atoms with Crippen molar-refractivity contribution < 1.29 is 4.39 Å². The van der Waals surface area contributed by atoms with Crippen LogP contribution in [-0.4, -0.2) is 11.5 Å². The van der Waals surface area contributed by atoms with Crippen LogP contribution < -0.4 is 5.32 Å².